The lowest BCUT2D eigenvalue weighted by Crippen LogP contribution is -2.63. The lowest BCUT2D eigenvalue weighted by atomic mass is 9.98. The van der Waals surface area contributed by atoms with Gasteiger partial charge in [0.25, 0.3) is 5.69 Å². The van der Waals surface area contributed by atoms with Gasteiger partial charge in [-0.15, -0.1) is 0 Å². The Labute approximate surface area is 388 Å². The number of non-ortho nitro benzene ring substituents is 1. The maximum absolute atomic E-state index is 14.3. The van der Waals surface area contributed by atoms with Gasteiger partial charge in [0.05, 0.1) is 35.6 Å². The van der Waals surface area contributed by atoms with Gasteiger partial charge in [0.15, 0.2) is 24.6 Å². The average molecular weight is 966 g/mol. The van der Waals surface area contributed by atoms with Crippen molar-refractivity contribution >= 4 is 51.7 Å². The van der Waals surface area contributed by atoms with Gasteiger partial charge in [0.2, 0.25) is 10.0 Å². The molecule has 1 N–H and O–H groups in total. The summed E-state index contributed by atoms with van der Waals surface area (Å²) in [6, 6.07) is 12.2. The molecule has 370 valence electrons. The number of ether oxygens (including phenoxy) is 9. The second-order valence-electron chi connectivity index (χ2n) is 16.2. The van der Waals surface area contributed by atoms with Crippen LogP contribution in [0.4, 0.5) is 10.5 Å². The first-order chi connectivity index (χ1) is 31.7. The maximum Gasteiger partial charge on any atom is 0.407 e. The molecule has 2 saturated heterocycles. The molecule has 8 atom stereocenters. The van der Waals surface area contributed by atoms with Gasteiger partial charge in [-0.1, -0.05) is 44.2 Å². The smallest absolute Gasteiger partial charge is 0.407 e. The number of nitro groups is 1. The largest absolute Gasteiger partial charge is 0.463 e. The predicted octanol–water partition coefficient (Wildman–Crippen LogP) is 3.55. The molecule has 0 aliphatic carbocycles. The molecule has 0 saturated carbocycles. The van der Waals surface area contributed by atoms with E-state index in [1.165, 1.54) is 0 Å². The molecule has 2 aromatic carbocycles. The first kappa shape index (κ1) is 53.9. The van der Waals surface area contributed by atoms with Crippen molar-refractivity contribution in [3.63, 3.8) is 0 Å². The van der Waals surface area contributed by atoms with Crippen LogP contribution < -0.4 is 5.32 Å². The van der Waals surface area contributed by atoms with E-state index in [9.17, 15) is 47.3 Å². The Morgan fingerprint density at radius 3 is 2.06 bits per heavy atom. The number of rotatable bonds is 24. The van der Waals surface area contributed by atoms with Crippen LogP contribution in [0.25, 0.3) is 0 Å². The topological polar surface area (TPSA) is 278 Å². The summed E-state index contributed by atoms with van der Waals surface area (Å²) >= 11 is 0. The van der Waals surface area contributed by atoms with Crippen LogP contribution in [0, 0.1) is 16.0 Å². The first-order valence-corrected chi connectivity index (χ1v) is 23.1. The van der Waals surface area contributed by atoms with Crippen LogP contribution in [0.5, 0.6) is 0 Å². The highest BCUT2D eigenvalue weighted by Gasteiger charge is 2.52. The molecule has 22 nitrogen and oxygen atoms in total. The molecule has 0 bridgehead atoms. The molecule has 2 aliphatic heterocycles. The van der Waals surface area contributed by atoms with E-state index < -0.39 is 113 Å². The Morgan fingerprint density at radius 1 is 0.836 bits per heavy atom. The Bertz CT molecular complexity index is 2100. The van der Waals surface area contributed by atoms with Crippen molar-refractivity contribution in [3.05, 3.63) is 70.3 Å². The van der Waals surface area contributed by atoms with E-state index in [0.717, 1.165) is 56.3 Å². The third kappa shape index (κ3) is 17.4. The summed E-state index contributed by atoms with van der Waals surface area (Å²) in [6.45, 7) is 7.44. The molecule has 2 unspecified atom stereocenters. The second-order valence-corrected chi connectivity index (χ2v) is 18.2. The summed E-state index contributed by atoms with van der Waals surface area (Å²) < 4.78 is 79.9. The number of nitro benzene ring substituents is 1. The minimum atomic E-state index is -4.38. The number of amides is 1. The first-order valence-electron chi connectivity index (χ1n) is 21.7. The fourth-order valence-corrected chi connectivity index (χ4v) is 8.84. The van der Waals surface area contributed by atoms with Gasteiger partial charge in [-0.3, -0.25) is 34.1 Å². The molecule has 23 heteroatoms. The number of hydrogen-bond acceptors (Lipinski definition) is 19. The van der Waals surface area contributed by atoms with Crippen LogP contribution in [0.3, 0.4) is 0 Å². The summed E-state index contributed by atoms with van der Waals surface area (Å²) in [5.41, 5.74) is 0.397. The highest BCUT2D eigenvalue weighted by Crippen LogP contribution is 2.30. The lowest BCUT2D eigenvalue weighted by Gasteiger charge is -2.44. The molecule has 2 aromatic rings. The van der Waals surface area contributed by atoms with Gasteiger partial charge in [0.1, 0.15) is 24.9 Å². The highest BCUT2D eigenvalue weighted by atomic mass is 32.2. The summed E-state index contributed by atoms with van der Waals surface area (Å²) in [5, 5.41) is 14.2. The molecule has 2 heterocycles. The zero-order valence-corrected chi connectivity index (χ0v) is 39.0. The number of esters is 5. The van der Waals surface area contributed by atoms with Crippen molar-refractivity contribution in [1.29, 1.82) is 0 Å². The minimum Gasteiger partial charge on any atom is -0.463 e. The molecule has 4 rings (SSSR count). The summed E-state index contributed by atoms with van der Waals surface area (Å²) in [5.74, 6) is -4.14. The lowest BCUT2D eigenvalue weighted by molar-refractivity contribution is -0.384. The Balaban J connectivity index is 1.57. The van der Waals surface area contributed by atoms with Gasteiger partial charge in [0, 0.05) is 65.8 Å². The number of sulfonamides is 1. The van der Waals surface area contributed by atoms with E-state index in [2.05, 4.69) is 5.32 Å². The van der Waals surface area contributed by atoms with E-state index in [0.29, 0.717) is 18.6 Å². The fourth-order valence-electron chi connectivity index (χ4n) is 7.22. The zero-order chi connectivity index (χ0) is 49.3. The number of benzene rings is 2. The van der Waals surface area contributed by atoms with E-state index in [-0.39, 0.29) is 61.9 Å². The predicted molar refractivity (Wildman–Crippen MR) is 231 cm³/mol. The third-order valence-corrected chi connectivity index (χ3v) is 12.0. The highest BCUT2D eigenvalue weighted by molar-refractivity contribution is 7.89. The van der Waals surface area contributed by atoms with E-state index in [1.807, 2.05) is 0 Å². The Kier molecular flexibility index (Phi) is 20.9. The fraction of sp³-hybridized carbons (Fsp3) is 0.591. The second kappa shape index (κ2) is 26.0. The molecule has 2 fully saturated rings. The van der Waals surface area contributed by atoms with Crippen molar-refractivity contribution in [3.8, 4) is 0 Å². The van der Waals surface area contributed by atoms with Gasteiger partial charge in [-0.05, 0) is 42.9 Å². The van der Waals surface area contributed by atoms with E-state index in [1.54, 1.807) is 44.2 Å². The summed E-state index contributed by atoms with van der Waals surface area (Å²) in [6.07, 6.45) is -9.09. The Hall–Kier alpha value is -5.75. The number of hydrogen-bond donors (Lipinski definition) is 1. The van der Waals surface area contributed by atoms with Crippen molar-refractivity contribution in [2.24, 2.45) is 5.92 Å². The molecular weight excluding hydrogens is 907 g/mol. The van der Waals surface area contributed by atoms with Crippen molar-refractivity contribution < 1.29 is 84.7 Å². The molecule has 0 radical (unpaired) electrons. The third-order valence-electron chi connectivity index (χ3n) is 10.1. The quantitative estimate of drug-likeness (QED) is 0.0518. The molecule has 67 heavy (non-hydrogen) atoms. The number of nitrogens with zero attached hydrogens (tertiary/aromatic N) is 2. The normalized spacial score (nSPS) is 21.4. The number of carbonyl (C=O) groups is 6. The van der Waals surface area contributed by atoms with Crippen LogP contribution in [-0.2, 0) is 83.0 Å². The van der Waals surface area contributed by atoms with Gasteiger partial charge in [-0.25, -0.2) is 13.2 Å². The van der Waals surface area contributed by atoms with Crippen molar-refractivity contribution in [1.82, 2.24) is 9.62 Å². The van der Waals surface area contributed by atoms with Crippen LogP contribution in [0.15, 0.2) is 59.5 Å². The number of alkyl carbamates (subject to hydrolysis) is 1. The summed E-state index contributed by atoms with van der Waals surface area (Å²) in [7, 11) is -4.38. The van der Waals surface area contributed by atoms with E-state index >= 15 is 0 Å². The van der Waals surface area contributed by atoms with Crippen molar-refractivity contribution in [2.75, 3.05) is 39.5 Å². The molecular formula is C44H59N3O19S. The van der Waals surface area contributed by atoms with Crippen LogP contribution >= 0.6 is 0 Å². The van der Waals surface area contributed by atoms with Crippen molar-refractivity contribution in [2.45, 2.75) is 127 Å². The van der Waals surface area contributed by atoms with Gasteiger partial charge in [-0.2, -0.15) is 4.31 Å². The molecule has 1 amide bonds. The average Bonchev–Trinajstić information content (AvgIpc) is 3.76. The van der Waals surface area contributed by atoms with Gasteiger partial charge >= 0.3 is 35.9 Å². The maximum atomic E-state index is 14.3. The minimum absolute atomic E-state index is 0.0636. The number of carbonyl (C=O) groups excluding carboxylic acids is 6. The zero-order valence-electron chi connectivity index (χ0n) is 38.2. The van der Waals surface area contributed by atoms with Gasteiger partial charge < -0.3 is 47.9 Å². The monoisotopic (exact) mass is 965 g/mol. The Morgan fingerprint density at radius 2 is 1.48 bits per heavy atom. The van der Waals surface area contributed by atoms with E-state index in [4.69, 9.17) is 42.6 Å². The summed E-state index contributed by atoms with van der Waals surface area (Å²) in [4.78, 5) is 85.9. The number of unbranched alkanes of at least 4 members (excludes halogenated alkanes) is 1. The van der Waals surface area contributed by atoms with Crippen LogP contribution in [-0.4, -0.2) is 142 Å². The van der Waals surface area contributed by atoms with Crippen LogP contribution in [0.2, 0.25) is 0 Å². The number of nitrogens with one attached hydrogen (secondary N) is 1. The SMILES string of the molecule is CC(=O)OCC1O[C@@H](OCCCCC(=O)O[C@H](CN(CC(C)C)S(=O)(=O)c2ccc([N+](=O)[O-])cc2)[C@H](Cc2ccccc2)NC(=O)O[C@H]2CCOC2)C(OC(C)=O)[C@@H](OC(C)=O)[C@@H]1OC(C)=O. The van der Waals surface area contributed by atoms with Crippen LogP contribution in [0.1, 0.15) is 72.8 Å². The molecule has 2 aliphatic rings. The molecule has 0 aromatic heterocycles. The molecule has 0 spiro atoms. The standard InChI is InChI=1S/C44H59N3O19S/c1-27(2)23-46(67(56,57)35-17-15-33(16-18-35)47(54)55)24-37(36(22-32-12-8-7-9-13-32)45-44(53)64-34-19-21-58-25-34)65-39(52)14-10-11-20-59-43-42(63-31(6)51)41(62-30(5)50)40(61-29(4)49)38(66-43)26-60-28(3)48/h7-9,12-13,15-18,27,34,36-38,40-43H,10-11,14,19-26H2,1-6H3,(H,45,53)/t34-,36-,37+,38?,40+,41-,42?,43+/m0/s1.